The number of rotatable bonds is 2. The molecule has 3 heterocycles. The third kappa shape index (κ3) is 2.47. The summed E-state index contributed by atoms with van der Waals surface area (Å²) in [7, 11) is 0. The minimum absolute atomic E-state index is 0.125. The van der Waals surface area contributed by atoms with Gasteiger partial charge < -0.3 is 13.6 Å². The van der Waals surface area contributed by atoms with Crippen molar-refractivity contribution in [2.24, 2.45) is 0 Å². The largest absolute Gasteiger partial charge is 0.469 e. The van der Waals surface area contributed by atoms with E-state index in [2.05, 4.69) is 0 Å². The monoisotopic (exact) mass is 358 g/mol. The van der Waals surface area contributed by atoms with Crippen molar-refractivity contribution in [1.29, 1.82) is 0 Å². The summed E-state index contributed by atoms with van der Waals surface area (Å²) in [4.78, 5) is 25.1. The van der Waals surface area contributed by atoms with Crippen LogP contribution in [0.5, 0.6) is 5.75 Å². The van der Waals surface area contributed by atoms with Crippen molar-refractivity contribution in [1.82, 2.24) is 0 Å². The van der Waals surface area contributed by atoms with Crippen molar-refractivity contribution in [2.45, 2.75) is 12.3 Å². The Hall–Kier alpha value is -3.60. The van der Waals surface area contributed by atoms with Crippen LogP contribution < -0.4 is 10.2 Å². The first-order chi connectivity index (χ1) is 13.2. The van der Waals surface area contributed by atoms with Crippen LogP contribution in [0.4, 0.5) is 0 Å². The summed E-state index contributed by atoms with van der Waals surface area (Å²) in [6.07, 6.45) is 3.16. The van der Waals surface area contributed by atoms with E-state index < -0.39 is 0 Å². The molecule has 2 aromatic carbocycles. The highest BCUT2D eigenvalue weighted by molar-refractivity contribution is 5.90. The van der Waals surface area contributed by atoms with Gasteiger partial charge in [0.2, 0.25) is 5.43 Å². The van der Waals surface area contributed by atoms with Crippen LogP contribution in [-0.2, 0) is 4.79 Å². The van der Waals surface area contributed by atoms with Crippen LogP contribution in [0.2, 0.25) is 0 Å². The molecule has 2 aromatic heterocycles. The smallest absolute Gasteiger partial charge is 0.312 e. The number of furan rings is 1. The van der Waals surface area contributed by atoms with E-state index in [1.807, 2.05) is 36.4 Å². The van der Waals surface area contributed by atoms with Crippen molar-refractivity contribution in [2.75, 3.05) is 0 Å². The predicted octanol–water partition coefficient (Wildman–Crippen LogP) is 4.49. The third-order valence-electron chi connectivity index (χ3n) is 4.85. The second-order valence-electron chi connectivity index (χ2n) is 6.44. The molecule has 0 unspecified atom stereocenters. The van der Waals surface area contributed by atoms with Crippen molar-refractivity contribution in [3.8, 4) is 16.9 Å². The fourth-order valence-electron chi connectivity index (χ4n) is 3.60. The summed E-state index contributed by atoms with van der Waals surface area (Å²) in [5.41, 5.74) is 2.25. The molecule has 27 heavy (non-hydrogen) atoms. The fourth-order valence-corrected chi connectivity index (χ4v) is 3.60. The number of fused-ring (bicyclic) bond motifs is 3. The van der Waals surface area contributed by atoms with E-state index in [-0.39, 0.29) is 23.7 Å². The number of ether oxygens (including phenoxy) is 1. The van der Waals surface area contributed by atoms with Crippen LogP contribution in [-0.4, -0.2) is 5.97 Å². The molecule has 0 N–H and O–H groups in total. The van der Waals surface area contributed by atoms with E-state index in [0.717, 1.165) is 5.56 Å². The van der Waals surface area contributed by atoms with Gasteiger partial charge >= 0.3 is 5.97 Å². The molecule has 1 aliphatic rings. The molecule has 0 spiro atoms. The van der Waals surface area contributed by atoms with Crippen molar-refractivity contribution in [3.63, 3.8) is 0 Å². The minimum atomic E-state index is -0.356. The second kappa shape index (κ2) is 5.99. The van der Waals surface area contributed by atoms with Gasteiger partial charge in [-0.1, -0.05) is 30.3 Å². The zero-order valence-corrected chi connectivity index (χ0v) is 14.2. The highest BCUT2D eigenvalue weighted by Gasteiger charge is 2.33. The summed E-state index contributed by atoms with van der Waals surface area (Å²) in [6, 6.07) is 16.2. The number of hydrogen-bond acceptors (Lipinski definition) is 5. The Labute approximate surface area is 153 Å². The number of benzene rings is 2. The van der Waals surface area contributed by atoms with E-state index in [9.17, 15) is 9.59 Å². The summed E-state index contributed by atoms with van der Waals surface area (Å²) in [5.74, 6) is 0.336. The molecular formula is C22H14O5. The third-order valence-corrected chi connectivity index (χ3v) is 4.85. The SMILES string of the molecule is O=C1C[C@H](c2ccco2)c2c(ccc3c(=O)c(-c4ccccc4)coc23)O1. The van der Waals surface area contributed by atoms with Gasteiger partial charge in [0.15, 0.2) is 0 Å². The summed E-state index contributed by atoms with van der Waals surface area (Å²) in [6.45, 7) is 0. The first-order valence-electron chi connectivity index (χ1n) is 8.60. The minimum Gasteiger partial charge on any atom is -0.469 e. The number of carbonyl (C=O) groups is 1. The Bertz CT molecular complexity index is 1200. The maximum atomic E-state index is 13.1. The molecule has 0 aliphatic carbocycles. The quantitative estimate of drug-likeness (QED) is 0.390. The van der Waals surface area contributed by atoms with E-state index in [4.69, 9.17) is 13.6 Å². The topological polar surface area (TPSA) is 69.7 Å². The normalized spacial score (nSPS) is 16.1. The van der Waals surface area contributed by atoms with Gasteiger partial charge in [-0.2, -0.15) is 0 Å². The van der Waals surface area contributed by atoms with Gasteiger partial charge in [0.25, 0.3) is 0 Å². The highest BCUT2D eigenvalue weighted by Crippen LogP contribution is 2.42. The average molecular weight is 358 g/mol. The van der Waals surface area contributed by atoms with Gasteiger partial charge in [-0.25, -0.2) is 0 Å². The maximum Gasteiger partial charge on any atom is 0.312 e. The van der Waals surface area contributed by atoms with Gasteiger partial charge in [-0.05, 0) is 29.8 Å². The van der Waals surface area contributed by atoms with Gasteiger partial charge in [-0.3, -0.25) is 9.59 Å². The summed E-state index contributed by atoms with van der Waals surface area (Å²) < 4.78 is 16.8. The Morgan fingerprint density at radius 1 is 0.889 bits per heavy atom. The lowest BCUT2D eigenvalue weighted by Gasteiger charge is -2.23. The zero-order valence-electron chi connectivity index (χ0n) is 14.2. The molecule has 0 radical (unpaired) electrons. The predicted molar refractivity (Wildman–Crippen MR) is 98.7 cm³/mol. The first-order valence-corrected chi connectivity index (χ1v) is 8.60. The van der Waals surface area contributed by atoms with Crippen LogP contribution in [0.1, 0.15) is 23.7 Å². The van der Waals surface area contributed by atoms with Crippen LogP contribution in [0, 0.1) is 0 Å². The average Bonchev–Trinajstić information content (AvgIpc) is 3.22. The van der Waals surface area contributed by atoms with Crippen LogP contribution >= 0.6 is 0 Å². The molecule has 0 amide bonds. The van der Waals surface area contributed by atoms with Crippen LogP contribution in [0.15, 0.2) is 80.8 Å². The molecule has 0 saturated heterocycles. The number of hydrogen-bond donors (Lipinski definition) is 0. The zero-order chi connectivity index (χ0) is 18.4. The Morgan fingerprint density at radius 2 is 1.74 bits per heavy atom. The van der Waals surface area contributed by atoms with Gasteiger partial charge in [0.1, 0.15) is 23.4 Å². The Kier molecular flexibility index (Phi) is 3.47. The van der Waals surface area contributed by atoms with Crippen molar-refractivity contribution >= 4 is 16.9 Å². The van der Waals surface area contributed by atoms with Crippen LogP contribution in [0.25, 0.3) is 22.1 Å². The van der Waals surface area contributed by atoms with E-state index in [1.54, 1.807) is 24.5 Å². The highest BCUT2D eigenvalue weighted by atomic mass is 16.5. The molecule has 4 aromatic rings. The van der Waals surface area contributed by atoms with E-state index in [1.165, 1.54) is 6.26 Å². The molecule has 0 saturated carbocycles. The maximum absolute atomic E-state index is 13.1. The molecule has 0 bridgehead atoms. The lowest BCUT2D eigenvalue weighted by atomic mass is 9.89. The first kappa shape index (κ1) is 15.6. The number of esters is 1. The van der Waals surface area contributed by atoms with Gasteiger partial charge in [0, 0.05) is 5.56 Å². The van der Waals surface area contributed by atoms with Crippen LogP contribution in [0.3, 0.4) is 0 Å². The van der Waals surface area contributed by atoms with E-state index in [0.29, 0.717) is 33.6 Å². The standard InChI is InChI=1S/C22H14O5/c23-19-11-15(17-7-4-10-25-17)20-18(27-19)9-8-14-21(24)16(12-26-22(14)20)13-5-2-1-3-6-13/h1-10,12,15H,11H2/t15-/m1/s1. The molecular weight excluding hydrogens is 344 g/mol. The molecule has 5 nitrogen and oxygen atoms in total. The number of carbonyl (C=O) groups excluding carboxylic acids is 1. The van der Waals surface area contributed by atoms with Crippen molar-refractivity contribution in [3.05, 3.63) is 88.7 Å². The lowest BCUT2D eigenvalue weighted by molar-refractivity contribution is -0.135. The molecule has 1 atom stereocenters. The van der Waals surface area contributed by atoms with E-state index >= 15 is 0 Å². The molecule has 5 heteroatoms. The summed E-state index contributed by atoms with van der Waals surface area (Å²) >= 11 is 0. The Balaban J connectivity index is 1.77. The lowest BCUT2D eigenvalue weighted by Crippen LogP contribution is -2.21. The molecule has 5 rings (SSSR count). The Morgan fingerprint density at radius 3 is 2.52 bits per heavy atom. The molecule has 1 aliphatic heterocycles. The molecule has 132 valence electrons. The van der Waals surface area contributed by atoms with Gasteiger partial charge in [0.05, 0.1) is 29.6 Å². The van der Waals surface area contributed by atoms with Gasteiger partial charge in [-0.15, -0.1) is 0 Å². The second-order valence-corrected chi connectivity index (χ2v) is 6.44. The summed E-state index contributed by atoms with van der Waals surface area (Å²) in [5, 5.41) is 0.449. The van der Waals surface area contributed by atoms with Crippen molar-refractivity contribution < 1.29 is 18.4 Å². The fraction of sp³-hybridized carbons (Fsp3) is 0.0909. The molecule has 0 fully saturated rings.